The van der Waals surface area contributed by atoms with Crippen molar-refractivity contribution < 1.29 is 9.59 Å². The molecule has 3 N–H and O–H groups in total. The zero-order valence-corrected chi connectivity index (χ0v) is 12.2. The van der Waals surface area contributed by atoms with Gasteiger partial charge in [-0.3, -0.25) is 14.7 Å². The maximum Gasteiger partial charge on any atom is 0.228 e. The lowest BCUT2D eigenvalue weighted by Gasteiger charge is -2.24. The Hall–Kier alpha value is -1.89. The predicted molar refractivity (Wildman–Crippen MR) is 77.4 cm³/mol. The standard InChI is InChI=1S/C14H21N5O2/c1-9-2-10(4-15)7-18(9)14(21)11-3-13(20)19(8-11)12-5-16-17-6-12/h5-6,9-11H,2-4,7-8,15H2,1H3,(H,16,17). The summed E-state index contributed by atoms with van der Waals surface area (Å²) < 4.78 is 0. The van der Waals surface area contributed by atoms with Crippen LogP contribution in [0.3, 0.4) is 0 Å². The van der Waals surface area contributed by atoms with Crippen molar-refractivity contribution in [3.8, 4) is 0 Å². The minimum Gasteiger partial charge on any atom is -0.339 e. The number of anilines is 1. The molecule has 7 heteroatoms. The van der Waals surface area contributed by atoms with Gasteiger partial charge < -0.3 is 15.5 Å². The number of nitrogens with one attached hydrogen (secondary N) is 1. The molecule has 3 rings (SSSR count). The Morgan fingerprint density at radius 2 is 2.33 bits per heavy atom. The first kappa shape index (κ1) is 14.1. The number of amides is 2. The Morgan fingerprint density at radius 3 is 2.95 bits per heavy atom. The number of hydrogen-bond acceptors (Lipinski definition) is 4. The summed E-state index contributed by atoms with van der Waals surface area (Å²) in [5.74, 6) is 0.187. The van der Waals surface area contributed by atoms with E-state index in [2.05, 4.69) is 17.1 Å². The molecule has 3 unspecified atom stereocenters. The lowest BCUT2D eigenvalue weighted by molar-refractivity contribution is -0.136. The molecule has 2 amide bonds. The number of aromatic amines is 1. The van der Waals surface area contributed by atoms with Crippen LogP contribution in [0, 0.1) is 11.8 Å². The van der Waals surface area contributed by atoms with Gasteiger partial charge in [-0.25, -0.2) is 0 Å². The van der Waals surface area contributed by atoms with Gasteiger partial charge in [-0.15, -0.1) is 0 Å². The van der Waals surface area contributed by atoms with E-state index in [1.807, 2.05) is 4.90 Å². The van der Waals surface area contributed by atoms with Gasteiger partial charge in [-0.05, 0) is 25.8 Å². The molecule has 3 atom stereocenters. The molecular formula is C14H21N5O2. The van der Waals surface area contributed by atoms with Gasteiger partial charge in [-0.1, -0.05) is 0 Å². The Kier molecular flexibility index (Phi) is 3.67. The number of carbonyl (C=O) groups is 2. The highest BCUT2D eigenvalue weighted by atomic mass is 16.2. The number of rotatable bonds is 3. The summed E-state index contributed by atoms with van der Waals surface area (Å²) in [5.41, 5.74) is 6.44. The van der Waals surface area contributed by atoms with Crippen molar-refractivity contribution in [1.29, 1.82) is 0 Å². The number of nitrogens with zero attached hydrogens (tertiary/aromatic N) is 3. The molecule has 3 heterocycles. The molecule has 21 heavy (non-hydrogen) atoms. The quantitative estimate of drug-likeness (QED) is 0.816. The Bertz CT molecular complexity index is 529. The molecule has 114 valence electrons. The van der Waals surface area contributed by atoms with Crippen molar-refractivity contribution in [2.45, 2.75) is 25.8 Å². The van der Waals surface area contributed by atoms with E-state index in [1.54, 1.807) is 17.3 Å². The number of carbonyl (C=O) groups excluding carboxylic acids is 2. The van der Waals surface area contributed by atoms with E-state index < -0.39 is 0 Å². The monoisotopic (exact) mass is 291 g/mol. The molecule has 2 fully saturated rings. The topological polar surface area (TPSA) is 95.3 Å². The normalized spacial score (nSPS) is 29.4. The largest absolute Gasteiger partial charge is 0.339 e. The molecule has 0 bridgehead atoms. The van der Waals surface area contributed by atoms with E-state index in [-0.39, 0.29) is 30.2 Å². The van der Waals surface area contributed by atoms with E-state index in [0.717, 1.165) is 12.1 Å². The molecule has 0 radical (unpaired) electrons. The number of H-pyrrole nitrogens is 1. The molecule has 0 aliphatic carbocycles. The maximum absolute atomic E-state index is 12.7. The summed E-state index contributed by atoms with van der Waals surface area (Å²) in [5, 5.41) is 6.55. The maximum atomic E-state index is 12.7. The van der Waals surface area contributed by atoms with Crippen LogP contribution in [0.1, 0.15) is 19.8 Å². The fourth-order valence-electron chi connectivity index (χ4n) is 3.37. The van der Waals surface area contributed by atoms with E-state index in [4.69, 9.17) is 5.73 Å². The van der Waals surface area contributed by atoms with Crippen LogP contribution >= 0.6 is 0 Å². The summed E-state index contributed by atoms with van der Waals surface area (Å²) >= 11 is 0. The fourth-order valence-corrected chi connectivity index (χ4v) is 3.37. The molecular weight excluding hydrogens is 270 g/mol. The highest BCUT2D eigenvalue weighted by molar-refractivity contribution is 6.00. The zero-order chi connectivity index (χ0) is 15.0. The summed E-state index contributed by atoms with van der Waals surface area (Å²) in [6, 6.07) is 0.212. The summed E-state index contributed by atoms with van der Waals surface area (Å²) in [7, 11) is 0. The van der Waals surface area contributed by atoms with Crippen molar-refractivity contribution >= 4 is 17.5 Å². The van der Waals surface area contributed by atoms with Gasteiger partial charge in [0.15, 0.2) is 0 Å². The van der Waals surface area contributed by atoms with Crippen LogP contribution in [0.4, 0.5) is 5.69 Å². The van der Waals surface area contributed by atoms with Crippen LogP contribution in [0.25, 0.3) is 0 Å². The smallest absolute Gasteiger partial charge is 0.228 e. The van der Waals surface area contributed by atoms with Crippen LogP contribution in [0.15, 0.2) is 12.4 Å². The van der Waals surface area contributed by atoms with Crippen molar-refractivity contribution in [3.63, 3.8) is 0 Å². The number of nitrogens with two attached hydrogens (primary N) is 1. The van der Waals surface area contributed by atoms with E-state index >= 15 is 0 Å². The molecule has 7 nitrogen and oxygen atoms in total. The van der Waals surface area contributed by atoms with Crippen molar-refractivity contribution in [2.24, 2.45) is 17.6 Å². The Morgan fingerprint density at radius 1 is 1.52 bits per heavy atom. The van der Waals surface area contributed by atoms with Crippen LogP contribution < -0.4 is 10.6 Å². The van der Waals surface area contributed by atoms with Crippen LogP contribution in [0.5, 0.6) is 0 Å². The Balaban J connectivity index is 1.68. The molecule has 2 saturated heterocycles. The van der Waals surface area contributed by atoms with Gasteiger partial charge in [0.25, 0.3) is 0 Å². The summed E-state index contributed by atoms with van der Waals surface area (Å²) in [6.45, 7) is 3.82. The molecule has 0 aromatic carbocycles. The van der Waals surface area contributed by atoms with Crippen molar-refractivity contribution in [1.82, 2.24) is 15.1 Å². The summed E-state index contributed by atoms with van der Waals surface area (Å²) in [4.78, 5) is 28.3. The van der Waals surface area contributed by atoms with E-state index in [1.165, 1.54) is 0 Å². The molecule has 1 aromatic rings. The second-order valence-corrected chi connectivity index (χ2v) is 6.04. The highest BCUT2D eigenvalue weighted by Gasteiger charge is 2.41. The zero-order valence-electron chi connectivity index (χ0n) is 12.2. The van der Waals surface area contributed by atoms with Crippen molar-refractivity contribution in [2.75, 3.05) is 24.5 Å². The average Bonchev–Trinajstić information content (AvgIpc) is 3.16. The molecule has 2 aliphatic rings. The SMILES string of the molecule is CC1CC(CN)CN1C(=O)C1CC(=O)N(c2cn[nH]c2)C1. The van der Waals surface area contributed by atoms with Gasteiger partial charge in [-0.2, -0.15) is 5.10 Å². The van der Waals surface area contributed by atoms with Crippen LogP contribution in [-0.4, -0.2) is 52.6 Å². The first-order valence-corrected chi connectivity index (χ1v) is 7.39. The predicted octanol–water partition coefficient (Wildman–Crippen LogP) is -0.0417. The first-order valence-electron chi connectivity index (χ1n) is 7.39. The number of hydrogen-bond donors (Lipinski definition) is 2. The second-order valence-electron chi connectivity index (χ2n) is 6.04. The van der Waals surface area contributed by atoms with Gasteiger partial charge in [0, 0.05) is 31.7 Å². The van der Waals surface area contributed by atoms with E-state index in [0.29, 0.717) is 25.6 Å². The lowest BCUT2D eigenvalue weighted by atomic mass is 10.1. The highest BCUT2D eigenvalue weighted by Crippen LogP contribution is 2.29. The van der Waals surface area contributed by atoms with E-state index in [9.17, 15) is 9.59 Å². The number of likely N-dealkylation sites (tertiary alicyclic amines) is 1. The van der Waals surface area contributed by atoms with Gasteiger partial charge in [0.2, 0.25) is 11.8 Å². The molecule has 1 aromatic heterocycles. The third kappa shape index (κ3) is 2.53. The van der Waals surface area contributed by atoms with Crippen LogP contribution in [-0.2, 0) is 9.59 Å². The third-order valence-corrected chi connectivity index (χ3v) is 4.55. The van der Waals surface area contributed by atoms with Gasteiger partial charge in [0.05, 0.1) is 17.8 Å². The minimum absolute atomic E-state index is 0.0167. The minimum atomic E-state index is -0.258. The lowest BCUT2D eigenvalue weighted by Crippen LogP contribution is -2.39. The van der Waals surface area contributed by atoms with Gasteiger partial charge in [0.1, 0.15) is 0 Å². The number of aromatic nitrogens is 2. The molecule has 2 aliphatic heterocycles. The van der Waals surface area contributed by atoms with Crippen LogP contribution in [0.2, 0.25) is 0 Å². The van der Waals surface area contributed by atoms with Crippen molar-refractivity contribution in [3.05, 3.63) is 12.4 Å². The Labute approximate surface area is 123 Å². The third-order valence-electron chi connectivity index (χ3n) is 4.55. The average molecular weight is 291 g/mol. The first-order chi connectivity index (χ1) is 10.1. The summed E-state index contributed by atoms with van der Waals surface area (Å²) in [6.07, 6.45) is 4.51. The fraction of sp³-hybridized carbons (Fsp3) is 0.643. The second kappa shape index (κ2) is 5.48. The van der Waals surface area contributed by atoms with Gasteiger partial charge >= 0.3 is 0 Å². The molecule has 0 saturated carbocycles. The molecule has 0 spiro atoms.